The van der Waals surface area contributed by atoms with Crippen LogP contribution in [0.25, 0.3) is 0 Å². The topological polar surface area (TPSA) is 38.8 Å². The Morgan fingerprint density at radius 2 is 1.92 bits per heavy atom. The minimum Gasteiger partial charge on any atom is -0.486 e. The SMILES string of the molecule is CSc1ccc([C@@H]2SCC(=O)N2C[C@@H]2COc3ccccc3O2)cc1. The zero-order valence-corrected chi connectivity index (χ0v) is 15.5. The van der Waals surface area contributed by atoms with E-state index in [4.69, 9.17) is 9.47 Å². The fourth-order valence-electron chi connectivity index (χ4n) is 3.07. The molecule has 0 aliphatic carbocycles. The minimum absolute atomic E-state index is 0.0455. The van der Waals surface area contributed by atoms with E-state index in [0.29, 0.717) is 18.9 Å². The summed E-state index contributed by atoms with van der Waals surface area (Å²) in [5, 5.41) is 0.0455. The first kappa shape index (κ1) is 16.7. The second-order valence-electron chi connectivity index (χ2n) is 5.98. The number of benzene rings is 2. The Kier molecular flexibility index (Phi) is 4.81. The highest BCUT2D eigenvalue weighted by Crippen LogP contribution is 2.40. The van der Waals surface area contributed by atoms with Gasteiger partial charge < -0.3 is 14.4 Å². The van der Waals surface area contributed by atoms with Gasteiger partial charge in [0.2, 0.25) is 5.91 Å². The Labute approximate surface area is 155 Å². The van der Waals surface area contributed by atoms with Gasteiger partial charge in [-0.3, -0.25) is 4.79 Å². The van der Waals surface area contributed by atoms with Gasteiger partial charge in [0.25, 0.3) is 0 Å². The number of hydrogen-bond donors (Lipinski definition) is 0. The second kappa shape index (κ2) is 7.22. The molecule has 130 valence electrons. The molecule has 0 bridgehead atoms. The third-order valence-corrected chi connectivity index (χ3v) is 6.34. The van der Waals surface area contributed by atoms with Crippen LogP contribution in [0.15, 0.2) is 53.4 Å². The molecule has 4 nitrogen and oxygen atoms in total. The van der Waals surface area contributed by atoms with Crippen LogP contribution < -0.4 is 9.47 Å². The monoisotopic (exact) mass is 373 g/mol. The van der Waals surface area contributed by atoms with Gasteiger partial charge in [0.15, 0.2) is 17.6 Å². The highest BCUT2D eigenvalue weighted by molar-refractivity contribution is 8.00. The zero-order valence-electron chi connectivity index (χ0n) is 13.9. The van der Waals surface area contributed by atoms with Gasteiger partial charge in [0.05, 0.1) is 12.3 Å². The Balaban J connectivity index is 1.49. The molecule has 2 aliphatic heterocycles. The fourth-order valence-corrected chi connectivity index (χ4v) is 4.68. The molecule has 0 saturated carbocycles. The quantitative estimate of drug-likeness (QED) is 0.762. The van der Waals surface area contributed by atoms with Crippen LogP contribution >= 0.6 is 23.5 Å². The van der Waals surface area contributed by atoms with Crippen molar-refractivity contribution in [3.63, 3.8) is 0 Å². The smallest absolute Gasteiger partial charge is 0.233 e. The molecule has 2 aromatic rings. The summed E-state index contributed by atoms with van der Waals surface area (Å²) in [7, 11) is 0. The normalized spacial score (nSPS) is 22.3. The Morgan fingerprint density at radius 1 is 1.16 bits per heavy atom. The lowest BCUT2D eigenvalue weighted by Gasteiger charge is -2.32. The number of amides is 1. The summed E-state index contributed by atoms with van der Waals surface area (Å²) in [4.78, 5) is 15.5. The van der Waals surface area contributed by atoms with Crippen LogP contribution in [-0.2, 0) is 4.79 Å². The maximum atomic E-state index is 12.4. The molecule has 1 saturated heterocycles. The summed E-state index contributed by atoms with van der Waals surface area (Å²) in [6, 6.07) is 16.1. The molecule has 25 heavy (non-hydrogen) atoms. The Hall–Kier alpha value is -1.79. The van der Waals surface area contributed by atoms with E-state index in [0.717, 1.165) is 17.1 Å². The molecule has 0 spiro atoms. The fraction of sp³-hybridized carbons (Fsp3) is 0.316. The number of para-hydroxylation sites is 2. The van der Waals surface area contributed by atoms with Crippen molar-refractivity contribution in [1.82, 2.24) is 4.90 Å². The molecular weight excluding hydrogens is 354 g/mol. The van der Waals surface area contributed by atoms with Gasteiger partial charge in [-0.1, -0.05) is 24.3 Å². The first-order valence-corrected chi connectivity index (χ1v) is 10.5. The molecule has 0 aromatic heterocycles. The molecule has 1 fully saturated rings. The standard InChI is InChI=1S/C19H19NO3S2/c1-24-15-8-6-13(7-9-15)19-20(18(21)12-25-19)10-14-11-22-16-4-2-3-5-17(16)23-14/h2-9,14,19H,10-12H2,1H3/t14-,19+/m1/s1. The lowest BCUT2D eigenvalue weighted by atomic mass is 10.2. The van der Waals surface area contributed by atoms with Crippen LogP contribution in [0.1, 0.15) is 10.9 Å². The minimum atomic E-state index is -0.148. The highest BCUT2D eigenvalue weighted by atomic mass is 32.2. The average molecular weight is 373 g/mol. The molecule has 1 amide bonds. The van der Waals surface area contributed by atoms with Crippen LogP contribution in [0.2, 0.25) is 0 Å². The predicted octanol–water partition coefficient (Wildman–Crippen LogP) is 3.82. The van der Waals surface area contributed by atoms with Gasteiger partial charge in [0, 0.05) is 4.90 Å². The lowest BCUT2D eigenvalue weighted by molar-refractivity contribution is -0.129. The maximum absolute atomic E-state index is 12.4. The summed E-state index contributed by atoms with van der Waals surface area (Å²) in [6.07, 6.45) is 1.92. The summed E-state index contributed by atoms with van der Waals surface area (Å²) < 4.78 is 11.8. The number of ether oxygens (including phenoxy) is 2. The van der Waals surface area contributed by atoms with E-state index in [1.807, 2.05) is 29.2 Å². The van der Waals surface area contributed by atoms with Gasteiger partial charge in [-0.15, -0.1) is 23.5 Å². The van der Waals surface area contributed by atoms with Crippen molar-refractivity contribution in [3.8, 4) is 11.5 Å². The van der Waals surface area contributed by atoms with Crippen LogP contribution in [0.5, 0.6) is 11.5 Å². The Morgan fingerprint density at radius 3 is 2.68 bits per heavy atom. The van der Waals surface area contributed by atoms with Crippen LogP contribution in [-0.4, -0.2) is 42.1 Å². The maximum Gasteiger partial charge on any atom is 0.233 e. The van der Waals surface area contributed by atoms with E-state index in [2.05, 4.69) is 30.5 Å². The molecule has 2 atom stereocenters. The number of nitrogens with zero attached hydrogens (tertiary/aromatic N) is 1. The van der Waals surface area contributed by atoms with Crippen LogP contribution in [0.3, 0.4) is 0 Å². The third kappa shape index (κ3) is 3.46. The van der Waals surface area contributed by atoms with E-state index >= 15 is 0 Å². The average Bonchev–Trinajstić information content (AvgIpc) is 3.02. The highest BCUT2D eigenvalue weighted by Gasteiger charge is 2.36. The van der Waals surface area contributed by atoms with E-state index < -0.39 is 0 Å². The Bertz CT molecular complexity index is 766. The number of hydrogen-bond acceptors (Lipinski definition) is 5. The molecule has 0 radical (unpaired) electrons. The number of carbonyl (C=O) groups excluding carboxylic acids is 1. The van der Waals surface area contributed by atoms with Gasteiger partial charge in [0.1, 0.15) is 12.0 Å². The van der Waals surface area contributed by atoms with E-state index in [9.17, 15) is 4.79 Å². The lowest BCUT2D eigenvalue weighted by Crippen LogP contribution is -2.42. The molecule has 0 N–H and O–H groups in total. The van der Waals surface area contributed by atoms with Crippen molar-refractivity contribution in [1.29, 1.82) is 0 Å². The van der Waals surface area contributed by atoms with Gasteiger partial charge in [-0.05, 0) is 36.1 Å². The summed E-state index contributed by atoms with van der Waals surface area (Å²) in [5.74, 6) is 2.19. The largest absolute Gasteiger partial charge is 0.486 e. The molecule has 2 aliphatic rings. The molecule has 2 heterocycles. The number of fused-ring (bicyclic) bond motifs is 1. The van der Waals surface area contributed by atoms with Crippen LogP contribution in [0, 0.1) is 0 Å². The summed E-state index contributed by atoms with van der Waals surface area (Å²) in [5.41, 5.74) is 1.16. The summed E-state index contributed by atoms with van der Waals surface area (Å²) >= 11 is 3.39. The molecule has 6 heteroatoms. The number of rotatable bonds is 4. The summed E-state index contributed by atoms with van der Waals surface area (Å²) in [6.45, 7) is 0.999. The van der Waals surface area contributed by atoms with Crippen molar-refractivity contribution in [3.05, 3.63) is 54.1 Å². The first-order valence-electron chi connectivity index (χ1n) is 8.18. The van der Waals surface area contributed by atoms with Crippen LogP contribution in [0.4, 0.5) is 0 Å². The van der Waals surface area contributed by atoms with Crippen molar-refractivity contribution >= 4 is 29.4 Å². The van der Waals surface area contributed by atoms with E-state index in [-0.39, 0.29) is 17.4 Å². The van der Waals surface area contributed by atoms with Crippen molar-refractivity contribution in [2.75, 3.05) is 25.2 Å². The first-order chi connectivity index (χ1) is 12.2. The van der Waals surface area contributed by atoms with Gasteiger partial charge in [-0.2, -0.15) is 0 Å². The van der Waals surface area contributed by atoms with Gasteiger partial charge in [-0.25, -0.2) is 0 Å². The third-order valence-electron chi connectivity index (χ3n) is 4.34. The van der Waals surface area contributed by atoms with Gasteiger partial charge >= 0.3 is 0 Å². The van der Waals surface area contributed by atoms with E-state index in [1.165, 1.54) is 4.90 Å². The second-order valence-corrected chi connectivity index (χ2v) is 7.93. The molecule has 2 aromatic carbocycles. The molecule has 4 rings (SSSR count). The van der Waals surface area contributed by atoms with Crippen molar-refractivity contribution < 1.29 is 14.3 Å². The van der Waals surface area contributed by atoms with Crippen molar-refractivity contribution in [2.24, 2.45) is 0 Å². The molecule has 0 unspecified atom stereocenters. The number of thioether (sulfide) groups is 2. The van der Waals surface area contributed by atoms with Crippen molar-refractivity contribution in [2.45, 2.75) is 16.4 Å². The predicted molar refractivity (Wildman–Crippen MR) is 101 cm³/mol. The zero-order chi connectivity index (χ0) is 17.2. The van der Waals surface area contributed by atoms with E-state index in [1.54, 1.807) is 23.5 Å². The number of carbonyl (C=O) groups is 1. The molecular formula is C19H19NO3S2.